The fraction of sp³-hybridized carbons (Fsp3) is 0.182. The van der Waals surface area contributed by atoms with Crippen LogP contribution in [0.15, 0.2) is 53.2 Å². The summed E-state index contributed by atoms with van der Waals surface area (Å²) in [6.45, 7) is 2.01. The van der Waals surface area contributed by atoms with Gasteiger partial charge < -0.3 is 19.3 Å². The van der Waals surface area contributed by atoms with Crippen molar-refractivity contribution in [2.24, 2.45) is 0 Å². The van der Waals surface area contributed by atoms with Gasteiger partial charge in [0.2, 0.25) is 5.82 Å². The third-order valence-electron chi connectivity index (χ3n) is 4.79. The van der Waals surface area contributed by atoms with Gasteiger partial charge in [0.15, 0.2) is 0 Å². The summed E-state index contributed by atoms with van der Waals surface area (Å²) in [6, 6.07) is 12.7. The van der Waals surface area contributed by atoms with E-state index < -0.39 is 5.91 Å². The maximum Gasteiger partial charge on any atom is 0.316 e. The number of halogens is 1. The first kappa shape index (κ1) is 21.4. The summed E-state index contributed by atoms with van der Waals surface area (Å²) < 4.78 is 17.4. The Bertz CT molecular complexity index is 1270. The summed E-state index contributed by atoms with van der Waals surface area (Å²) in [5.74, 6) is 0.863. The molecule has 0 atom stereocenters. The second-order valence-corrected chi connectivity index (χ2v) is 7.21. The van der Waals surface area contributed by atoms with Crippen LogP contribution in [0.2, 0.25) is 5.02 Å². The normalized spacial score (nSPS) is 10.8. The van der Waals surface area contributed by atoms with Crippen LogP contribution < -0.4 is 14.8 Å². The Hall–Kier alpha value is -3.85. The molecule has 9 nitrogen and oxygen atoms in total. The molecule has 0 spiro atoms. The lowest BCUT2D eigenvalue weighted by atomic mass is 10.2. The molecule has 2 aromatic heterocycles. The van der Waals surface area contributed by atoms with E-state index in [1.165, 1.54) is 0 Å². The van der Waals surface area contributed by atoms with Crippen LogP contribution in [0.25, 0.3) is 17.1 Å². The minimum atomic E-state index is -0.509. The molecule has 0 aliphatic rings. The summed E-state index contributed by atoms with van der Waals surface area (Å²) in [5, 5.41) is 11.7. The number of aromatic nitrogens is 4. The van der Waals surface area contributed by atoms with Gasteiger partial charge in [0.25, 0.3) is 0 Å². The largest absolute Gasteiger partial charge is 0.497 e. The number of ether oxygens (including phenoxy) is 2. The van der Waals surface area contributed by atoms with E-state index in [0.717, 1.165) is 11.3 Å². The highest BCUT2D eigenvalue weighted by Crippen LogP contribution is 2.26. The Morgan fingerprint density at radius 3 is 2.75 bits per heavy atom. The topological polar surface area (TPSA) is 104 Å². The predicted octanol–water partition coefficient (Wildman–Crippen LogP) is 3.83. The van der Waals surface area contributed by atoms with E-state index in [2.05, 4.69) is 20.6 Å². The van der Waals surface area contributed by atoms with Gasteiger partial charge in [-0.05, 0) is 37.3 Å². The van der Waals surface area contributed by atoms with Crippen molar-refractivity contribution in [3.8, 4) is 28.6 Å². The van der Waals surface area contributed by atoms with Gasteiger partial charge in [0.05, 0.1) is 36.2 Å². The van der Waals surface area contributed by atoms with Crippen LogP contribution in [-0.2, 0) is 6.54 Å². The zero-order chi connectivity index (χ0) is 22.7. The maximum absolute atomic E-state index is 12.6. The minimum absolute atomic E-state index is 0.160. The second-order valence-electron chi connectivity index (χ2n) is 6.81. The number of hydrogen-bond donors (Lipinski definition) is 1. The van der Waals surface area contributed by atoms with E-state index in [1.54, 1.807) is 49.4 Å². The van der Waals surface area contributed by atoms with E-state index in [1.807, 2.05) is 25.1 Å². The van der Waals surface area contributed by atoms with Gasteiger partial charge >= 0.3 is 11.8 Å². The van der Waals surface area contributed by atoms with E-state index >= 15 is 0 Å². The molecular weight excluding hydrogens is 434 g/mol. The van der Waals surface area contributed by atoms with Crippen molar-refractivity contribution in [2.45, 2.75) is 13.5 Å². The number of benzene rings is 2. The van der Waals surface area contributed by atoms with E-state index in [-0.39, 0.29) is 18.3 Å². The molecule has 10 heteroatoms. The molecule has 0 radical (unpaired) electrons. The number of para-hydroxylation sites is 1. The Balaban J connectivity index is 1.51. The number of nitrogens with zero attached hydrogens (tertiary/aromatic N) is 4. The van der Waals surface area contributed by atoms with Crippen molar-refractivity contribution < 1.29 is 18.8 Å². The lowest BCUT2D eigenvalue weighted by molar-refractivity contribution is 0.0906. The fourth-order valence-corrected chi connectivity index (χ4v) is 3.36. The van der Waals surface area contributed by atoms with E-state index in [9.17, 15) is 4.79 Å². The molecule has 32 heavy (non-hydrogen) atoms. The highest BCUT2D eigenvalue weighted by Gasteiger charge is 2.20. The van der Waals surface area contributed by atoms with Crippen LogP contribution in [-0.4, -0.2) is 40.0 Å². The molecule has 164 valence electrons. The number of nitrogens with one attached hydrogen (secondary N) is 1. The summed E-state index contributed by atoms with van der Waals surface area (Å²) in [7, 11) is 3.13. The first-order valence-corrected chi connectivity index (χ1v) is 10.0. The molecule has 0 fully saturated rings. The quantitative estimate of drug-likeness (QED) is 0.453. The van der Waals surface area contributed by atoms with Crippen LogP contribution in [0, 0.1) is 6.92 Å². The number of methoxy groups -OCH3 is 2. The smallest absolute Gasteiger partial charge is 0.316 e. The van der Waals surface area contributed by atoms with Crippen LogP contribution in [0.5, 0.6) is 11.5 Å². The highest BCUT2D eigenvalue weighted by atomic mass is 35.5. The average molecular weight is 454 g/mol. The Morgan fingerprint density at radius 1 is 1.19 bits per heavy atom. The van der Waals surface area contributed by atoms with Crippen LogP contribution >= 0.6 is 11.6 Å². The first-order valence-electron chi connectivity index (χ1n) is 9.64. The fourth-order valence-electron chi connectivity index (χ4n) is 3.14. The standard InChI is InChI=1S/C22H20ClN5O4/c1-13-16(12-28(26-13)18-7-5-4-6-17(18)23)20-25-22(32-27-20)21(29)24-11-14-10-15(30-2)8-9-19(14)31-3/h4-10,12H,11H2,1-3H3,(H,24,29). The highest BCUT2D eigenvalue weighted by molar-refractivity contribution is 6.32. The van der Waals surface area contributed by atoms with Crippen LogP contribution in [0.3, 0.4) is 0 Å². The van der Waals surface area contributed by atoms with Crippen molar-refractivity contribution in [2.75, 3.05) is 14.2 Å². The molecular formula is C22H20ClN5O4. The zero-order valence-corrected chi connectivity index (χ0v) is 18.4. The van der Waals surface area contributed by atoms with Crippen LogP contribution in [0.4, 0.5) is 0 Å². The third-order valence-corrected chi connectivity index (χ3v) is 5.11. The van der Waals surface area contributed by atoms with Crippen molar-refractivity contribution in [1.82, 2.24) is 25.2 Å². The van der Waals surface area contributed by atoms with Crippen molar-refractivity contribution in [3.63, 3.8) is 0 Å². The van der Waals surface area contributed by atoms with Gasteiger partial charge in [0, 0.05) is 18.3 Å². The summed E-state index contributed by atoms with van der Waals surface area (Å²) in [4.78, 5) is 16.8. The SMILES string of the molecule is COc1ccc(OC)c(CNC(=O)c2nc(-c3cn(-c4ccccc4Cl)nc3C)no2)c1. The Labute approximate surface area is 188 Å². The van der Waals surface area contributed by atoms with Gasteiger partial charge in [-0.3, -0.25) is 4.79 Å². The number of aryl methyl sites for hydroxylation is 1. The summed E-state index contributed by atoms with van der Waals surface area (Å²) in [5.41, 5.74) is 2.76. The second kappa shape index (κ2) is 9.11. The molecule has 2 heterocycles. The molecule has 0 bridgehead atoms. The third kappa shape index (κ3) is 4.28. The zero-order valence-electron chi connectivity index (χ0n) is 17.6. The van der Waals surface area contributed by atoms with Gasteiger partial charge in [-0.2, -0.15) is 10.1 Å². The molecule has 0 aliphatic heterocycles. The monoisotopic (exact) mass is 453 g/mol. The number of rotatable bonds is 7. The van der Waals surface area contributed by atoms with Crippen LogP contribution in [0.1, 0.15) is 21.9 Å². The molecule has 0 unspecified atom stereocenters. The molecule has 1 amide bonds. The minimum Gasteiger partial charge on any atom is -0.497 e. The lowest BCUT2D eigenvalue weighted by Crippen LogP contribution is -2.23. The molecule has 0 saturated carbocycles. The van der Waals surface area contributed by atoms with E-state index in [0.29, 0.717) is 27.8 Å². The molecule has 4 aromatic rings. The van der Waals surface area contributed by atoms with Crippen molar-refractivity contribution in [1.29, 1.82) is 0 Å². The molecule has 2 aromatic carbocycles. The Kier molecular flexibility index (Phi) is 6.09. The number of hydrogen-bond acceptors (Lipinski definition) is 7. The van der Waals surface area contributed by atoms with Crippen molar-refractivity contribution >= 4 is 17.5 Å². The Morgan fingerprint density at radius 2 is 2.00 bits per heavy atom. The molecule has 0 saturated heterocycles. The van der Waals surface area contributed by atoms with Gasteiger partial charge in [0.1, 0.15) is 11.5 Å². The number of carbonyl (C=O) groups excluding carboxylic acids is 1. The average Bonchev–Trinajstić information content (AvgIpc) is 3.44. The summed E-state index contributed by atoms with van der Waals surface area (Å²) >= 11 is 6.26. The van der Waals surface area contributed by atoms with Gasteiger partial charge in [-0.25, -0.2) is 4.68 Å². The van der Waals surface area contributed by atoms with E-state index in [4.69, 9.17) is 25.6 Å². The summed E-state index contributed by atoms with van der Waals surface area (Å²) in [6.07, 6.45) is 1.74. The number of carbonyl (C=O) groups is 1. The van der Waals surface area contributed by atoms with Gasteiger partial charge in [-0.15, -0.1) is 0 Å². The molecule has 1 N–H and O–H groups in total. The number of amides is 1. The molecule has 4 rings (SSSR count). The van der Waals surface area contributed by atoms with Gasteiger partial charge in [-0.1, -0.05) is 28.9 Å². The van der Waals surface area contributed by atoms with Crippen molar-refractivity contribution in [3.05, 3.63) is 70.8 Å². The first-order chi connectivity index (χ1) is 15.5. The lowest BCUT2D eigenvalue weighted by Gasteiger charge is -2.10. The molecule has 0 aliphatic carbocycles. The maximum atomic E-state index is 12.6. The predicted molar refractivity (Wildman–Crippen MR) is 117 cm³/mol.